The second-order valence-corrected chi connectivity index (χ2v) is 5.27. The summed E-state index contributed by atoms with van der Waals surface area (Å²) in [5, 5.41) is 10.7. The number of hydrogen-bond donors (Lipinski definition) is 0. The molecule has 0 bridgehead atoms. The van der Waals surface area contributed by atoms with Gasteiger partial charge in [-0.3, -0.25) is 24.7 Å². The van der Waals surface area contributed by atoms with Gasteiger partial charge in [0.2, 0.25) is 5.91 Å². The van der Waals surface area contributed by atoms with Gasteiger partial charge in [-0.05, 0) is 31.4 Å². The zero-order valence-corrected chi connectivity index (χ0v) is 11.4. The normalized spacial score (nSPS) is 26.1. The first-order chi connectivity index (χ1) is 9.63. The SMILES string of the molecule is CC[C@H]1N(c2ccc([N+](=O)[O-])cc2)C(=O)[C@@H]2CCCN21. The lowest BCUT2D eigenvalue weighted by molar-refractivity contribution is -0.384. The number of rotatable bonds is 3. The highest BCUT2D eigenvalue weighted by Gasteiger charge is 2.47. The van der Waals surface area contributed by atoms with Crippen molar-refractivity contribution in [3.63, 3.8) is 0 Å². The maximum Gasteiger partial charge on any atom is 0.269 e. The number of carbonyl (C=O) groups is 1. The summed E-state index contributed by atoms with van der Waals surface area (Å²) < 4.78 is 0. The number of hydrogen-bond acceptors (Lipinski definition) is 4. The van der Waals surface area contributed by atoms with Gasteiger partial charge in [0.1, 0.15) is 0 Å². The number of nitro benzene ring substituents is 1. The minimum atomic E-state index is -0.425. The molecule has 0 N–H and O–H groups in total. The number of fused-ring (bicyclic) bond motifs is 1. The Hall–Kier alpha value is -1.95. The van der Waals surface area contributed by atoms with Crippen LogP contribution in [0.4, 0.5) is 11.4 Å². The summed E-state index contributed by atoms with van der Waals surface area (Å²) in [5.74, 6) is 0.128. The number of benzene rings is 1. The Bertz CT molecular complexity index is 543. The fraction of sp³-hybridized carbons (Fsp3) is 0.500. The van der Waals surface area contributed by atoms with Crippen LogP contribution in [0.5, 0.6) is 0 Å². The van der Waals surface area contributed by atoms with E-state index in [-0.39, 0.29) is 23.8 Å². The molecule has 0 spiro atoms. The number of carbonyl (C=O) groups excluding carboxylic acids is 1. The topological polar surface area (TPSA) is 66.7 Å². The van der Waals surface area contributed by atoms with E-state index < -0.39 is 4.92 Å². The summed E-state index contributed by atoms with van der Waals surface area (Å²) in [4.78, 5) is 26.8. The van der Waals surface area contributed by atoms with Gasteiger partial charge in [0, 0.05) is 24.4 Å². The van der Waals surface area contributed by atoms with E-state index >= 15 is 0 Å². The molecule has 6 heteroatoms. The number of nitrogens with zero attached hydrogens (tertiary/aromatic N) is 3. The van der Waals surface area contributed by atoms with Gasteiger partial charge in [-0.25, -0.2) is 0 Å². The Kier molecular flexibility index (Phi) is 3.17. The van der Waals surface area contributed by atoms with Gasteiger partial charge in [-0.1, -0.05) is 6.92 Å². The molecule has 2 atom stereocenters. The zero-order valence-electron chi connectivity index (χ0n) is 11.4. The van der Waals surface area contributed by atoms with E-state index in [0.717, 1.165) is 31.5 Å². The third kappa shape index (κ3) is 1.87. The van der Waals surface area contributed by atoms with Gasteiger partial charge in [0.15, 0.2) is 0 Å². The average Bonchev–Trinajstić information content (AvgIpc) is 3.01. The molecule has 20 heavy (non-hydrogen) atoms. The van der Waals surface area contributed by atoms with Crippen LogP contribution in [0.3, 0.4) is 0 Å². The Morgan fingerprint density at radius 3 is 2.65 bits per heavy atom. The first-order valence-corrected chi connectivity index (χ1v) is 6.96. The molecule has 106 valence electrons. The predicted molar refractivity (Wildman–Crippen MR) is 74.4 cm³/mol. The highest BCUT2D eigenvalue weighted by Crippen LogP contribution is 2.35. The van der Waals surface area contributed by atoms with Crippen molar-refractivity contribution >= 4 is 17.3 Å². The number of amides is 1. The molecule has 3 rings (SSSR count). The lowest BCUT2D eigenvalue weighted by atomic mass is 10.2. The molecule has 2 aliphatic heterocycles. The van der Waals surface area contributed by atoms with Crippen LogP contribution in [-0.4, -0.2) is 34.5 Å². The maximum absolute atomic E-state index is 12.5. The fourth-order valence-corrected chi connectivity index (χ4v) is 3.32. The second kappa shape index (κ2) is 4.86. The van der Waals surface area contributed by atoms with Crippen molar-refractivity contribution in [2.75, 3.05) is 11.4 Å². The van der Waals surface area contributed by atoms with Gasteiger partial charge < -0.3 is 0 Å². The number of non-ortho nitro benzene ring substituents is 1. The van der Waals surface area contributed by atoms with E-state index in [2.05, 4.69) is 11.8 Å². The summed E-state index contributed by atoms with van der Waals surface area (Å²) in [5.41, 5.74) is 0.802. The first kappa shape index (κ1) is 13.1. The highest BCUT2D eigenvalue weighted by atomic mass is 16.6. The molecule has 0 aliphatic carbocycles. The lowest BCUT2D eigenvalue weighted by Gasteiger charge is -2.28. The Morgan fingerprint density at radius 1 is 1.35 bits per heavy atom. The molecule has 2 heterocycles. The number of nitro groups is 1. The monoisotopic (exact) mass is 275 g/mol. The molecule has 0 radical (unpaired) electrons. The van der Waals surface area contributed by atoms with E-state index in [9.17, 15) is 14.9 Å². The van der Waals surface area contributed by atoms with Crippen molar-refractivity contribution in [1.82, 2.24) is 4.90 Å². The molecule has 0 saturated carbocycles. The summed E-state index contributed by atoms with van der Waals surface area (Å²) in [6, 6.07) is 6.24. The van der Waals surface area contributed by atoms with Gasteiger partial charge in [-0.15, -0.1) is 0 Å². The molecule has 2 aliphatic rings. The van der Waals surface area contributed by atoms with Gasteiger partial charge in [0.25, 0.3) is 5.69 Å². The average molecular weight is 275 g/mol. The summed E-state index contributed by atoms with van der Waals surface area (Å²) >= 11 is 0. The molecule has 0 unspecified atom stereocenters. The van der Waals surface area contributed by atoms with Crippen molar-refractivity contribution in [3.05, 3.63) is 34.4 Å². The highest BCUT2D eigenvalue weighted by molar-refractivity contribution is 6.00. The van der Waals surface area contributed by atoms with Gasteiger partial charge in [0.05, 0.1) is 17.1 Å². The smallest absolute Gasteiger partial charge is 0.269 e. The molecule has 2 saturated heterocycles. The molecule has 1 aromatic rings. The Balaban J connectivity index is 1.92. The summed E-state index contributed by atoms with van der Waals surface area (Å²) in [6.45, 7) is 3.02. The van der Waals surface area contributed by atoms with Crippen molar-refractivity contribution in [2.24, 2.45) is 0 Å². The molecule has 0 aromatic heterocycles. The zero-order chi connectivity index (χ0) is 14.3. The van der Waals surface area contributed by atoms with Crippen LogP contribution < -0.4 is 4.90 Å². The molecule has 1 aromatic carbocycles. The second-order valence-electron chi connectivity index (χ2n) is 5.27. The molecular weight excluding hydrogens is 258 g/mol. The van der Waals surface area contributed by atoms with Crippen LogP contribution in [0.2, 0.25) is 0 Å². The minimum absolute atomic E-state index is 0.00450. The Morgan fingerprint density at radius 2 is 2.05 bits per heavy atom. The van der Waals surface area contributed by atoms with Crippen LogP contribution in [0.15, 0.2) is 24.3 Å². The van der Waals surface area contributed by atoms with Crippen LogP contribution in [-0.2, 0) is 4.79 Å². The Labute approximate surface area is 117 Å². The summed E-state index contributed by atoms with van der Waals surface area (Å²) in [7, 11) is 0. The maximum atomic E-state index is 12.5. The number of anilines is 1. The third-order valence-corrected chi connectivity index (χ3v) is 4.20. The van der Waals surface area contributed by atoms with Crippen molar-refractivity contribution in [3.8, 4) is 0 Å². The van der Waals surface area contributed by atoms with Gasteiger partial charge in [-0.2, -0.15) is 0 Å². The first-order valence-electron chi connectivity index (χ1n) is 6.96. The van der Waals surface area contributed by atoms with Crippen LogP contribution in [0.25, 0.3) is 0 Å². The van der Waals surface area contributed by atoms with E-state index in [1.54, 1.807) is 17.0 Å². The van der Waals surface area contributed by atoms with Gasteiger partial charge >= 0.3 is 0 Å². The van der Waals surface area contributed by atoms with Crippen molar-refractivity contribution in [2.45, 2.75) is 38.4 Å². The van der Waals surface area contributed by atoms with Crippen molar-refractivity contribution in [1.29, 1.82) is 0 Å². The van der Waals surface area contributed by atoms with Crippen LogP contribution in [0.1, 0.15) is 26.2 Å². The third-order valence-electron chi connectivity index (χ3n) is 4.20. The molecular formula is C14H17N3O3. The van der Waals surface area contributed by atoms with Crippen LogP contribution in [0, 0.1) is 10.1 Å². The van der Waals surface area contributed by atoms with E-state index in [1.165, 1.54) is 12.1 Å². The van der Waals surface area contributed by atoms with Crippen LogP contribution >= 0.6 is 0 Å². The van der Waals surface area contributed by atoms with Crippen molar-refractivity contribution < 1.29 is 9.72 Å². The minimum Gasteiger partial charge on any atom is -0.295 e. The van der Waals surface area contributed by atoms with E-state index in [0.29, 0.717) is 0 Å². The molecule has 1 amide bonds. The summed E-state index contributed by atoms with van der Waals surface area (Å²) in [6.07, 6.45) is 2.93. The largest absolute Gasteiger partial charge is 0.295 e. The molecule has 6 nitrogen and oxygen atoms in total. The molecule has 2 fully saturated rings. The van der Waals surface area contributed by atoms with E-state index in [1.807, 2.05) is 0 Å². The lowest BCUT2D eigenvalue weighted by Crippen LogP contribution is -2.39. The van der Waals surface area contributed by atoms with E-state index in [4.69, 9.17) is 0 Å². The fourth-order valence-electron chi connectivity index (χ4n) is 3.32. The quantitative estimate of drug-likeness (QED) is 0.626. The predicted octanol–water partition coefficient (Wildman–Crippen LogP) is 2.14. The standard InChI is InChI=1S/C14H17N3O3/c1-2-13-15-9-3-4-12(15)14(18)16(13)10-5-7-11(8-6-10)17(19)20/h5-8,12-13H,2-4,9H2,1H3/t12-,13+/m0/s1.